The van der Waals surface area contributed by atoms with Gasteiger partial charge in [0.25, 0.3) is 0 Å². The third kappa shape index (κ3) is 3.81. The van der Waals surface area contributed by atoms with Crippen LogP contribution in [0.5, 0.6) is 5.75 Å². The van der Waals surface area contributed by atoms with Crippen LogP contribution in [-0.4, -0.2) is 18.5 Å². The van der Waals surface area contributed by atoms with Gasteiger partial charge in [0.1, 0.15) is 12.4 Å². The van der Waals surface area contributed by atoms with Crippen molar-refractivity contribution < 1.29 is 23.0 Å². The molecule has 0 saturated heterocycles. The Morgan fingerprint density at radius 1 is 1.19 bits per heavy atom. The molecule has 7 heteroatoms. The molecule has 1 aliphatic heterocycles. The molecule has 2 aromatic carbocycles. The lowest BCUT2D eigenvalue weighted by Crippen LogP contribution is -2.07. The van der Waals surface area contributed by atoms with Crippen LogP contribution in [0.15, 0.2) is 59.7 Å². The molecule has 0 aromatic heterocycles. The molecule has 2 aromatic rings. The molecule has 3 rings (SSSR count). The number of carbonyl (C=O) groups excluding carboxylic acids is 1. The van der Waals surface area contributed by atoms with Crippen molar-refractivity contribution in [3.05, 3.63) is 82.5 Å². The van der Waals surface area contributed by atoms with E-state index in [0.29, 0.717) is 17.9 Å². The zero-order chi connectivity index (χ0) is 18.7. The van der Waals surface area contributed by atoms with E-state index in [1.807, 2.05) is 0 Å². The summed E-state index contributed by atoms with van der Waals surface area (Å²) in [5.74, 6) is -2.46. The van der Waals surface area contributed by atoms with Crippen molar-refractivity contribution in [3.63, 3.8) is 0 Å². The number of hydrogen-bond acceptors (Lipinski definition) is 4. The monoisotopic (exact) mass is 375 g/mol. The van der Waals surface area contributed by atoms with E-state index in [9.17, 15) is 13.6 Å². The van der Waals surface area contributed by atoms with Gasteiger partial charge in [-0.15, -0.1) is 0 Å². The zero-order valence-corrected chi connectivity index (χ0v) is 14.1. The van der Waals surface area contributed by atoms with E-state index in [0.717, 1.165) is 12.1 Å². The highest BCUT2D eigenvalue weighted by molar-refractivity contribution is 6.34. The van der Waals surface area contributed by atoms with Gasteiger partial charge < -0.3 is 9.47 Å². The van der Waals surface area contributed by atoms with Gasteiger partial charge in [-0.05, 0) is 35.9 Å². The van der Waals surface area contributed by atoms with Crippen LogP contribution >= 0.6 is 11.6 Å². The predicted molar refractivity (Wildman–Crippen MR) is 94.1 cm³/mol. The molecule has 0 amide bonds. The highest BCUT2D eigenvalue weighted by Crippen LogP contribution is 2.26. The highest BCUT2D eigenvalue weighted by Gasteiger charge is 2.26. The fourth-order valence-corrected chi connectivity index (χ4v) is 2.42. The van der Waals surface area contributed by atoms with Gasteiger partial charge in [0, 0.05) is 0 Å². The summed E-state index contributed by atoms with van der Waals surface area (Å²) in [5, 5.41) is -0.111. The van der Waals surface area contributed by atoms with Crippen molar-refractivity contribution in [1.82, 2.24) is 0 Å². The molecular weight excluding hydrogens is 364 g/mol. The third-order valence-electron chi connectivity index (χ3n) is 3.41. The Labute approximate surface area is 153 Å². The minimum absolute atomic E-state index is 0.00418. The third-order valence-corrected chi connectivity index (χ3v) is 3.72. The van der Waals surface area contributed by atoms with Gasteiger partial charge in [0.05, 0.1) is 10.6 Å². The maximum Gasteiger partial charge on any atom is 0.363 e. The van der Waals surface area contributed by atoms with E-state index in [1.54, 1.807) is 30.3 Å². The normalized spacial score (nSPS) is 15.0. The fourth-order valence-electron chi connectivity index (χ4n) is 2.18. The Balaban J connectivity index is 1.87. The van der Waals surface area contributed by atoms with Crippen LogP contribution in [0.25, 0.3) is 6.08 Å². The second kappa shape index (κ2) is 7.49. The minimum Gasteiger partial charge on any atom is -0.490 e. The quantitative estimate of drug-likeness (QED) is 0.334. The maximum atomic E-state index is 13.4. The van der Waals surface area contributed by atoms with Crippen LogP contribution in [-0.2, 0) is 9.53 Å². The number of halogens is 3. The summed E-state index contributed by atoms with van der Waals surface area (Å²) >= 11 is 5.88. The second-order valence-corrected chi connectivity index (χ2v) is 5.66. The first kappa shape index (κ1) is 17.8. The van der Waals surface area contributed by atoms with Crippen molar-refractivity contribution in [2.75, 3.05) is 6.61 Å². The summed E-state index contributed by atoms with van der Waals surface area (Å²) in [6.45, 7) is 3.95. The molecule has 0 unspecified atom stereocenters. The lowest BCUT2D eigenvalue weighted by Gasteiger charge is -2.03. The topological polar surface area (TPSA) is 47.9 Å². The van der Waals surface area contributed by atoms with Gasteiger partial charge in [0.2, 0.25) is 5.90 Å². The molecule has 4 nitrogen and oxygen atoms in total. The molecule has 0 saturated carbocycles. The number of esters is 1. The molecule has 0 aliphatic carbocycles. The molecule has 132 valence electrons. The SMILES string of the molecule is C=CCOc1ccc(C=C2N=C(c3cc(F)c(F)cc3Cl)OC2=O)cc1. The Morgan fingerprint density at radius 3 is 2.58 bits per heavy atom. The molecular formula is C19H12ClF2NO3. The van der Waals surface area contributed by atoms with Crippen LogP contribution in [0, 0.1) is 11.6 Å². The van der Waals surface area contributed by atoms with E-state index in [-0.39, 0.29) is 22.2 Å². The van der Waals surface area contributed by atoms with Gasteiger partial charge in [0.15, 0.2) is 17.3 Å². The molecule has 0 fully saturated rings. The van der Waals surface area contributed by atoms with Crippen molar-refractivity contribution in [2.45, 2.75) is 0 Å². The summed E-state index contributed by atoms with van der Waals surface area (Å²) in [6, 6.07) is 8.55. The molecule has 1 heterocycles. The molecule has 0 bridgehead atoms. The fraction of sp³-hybridized carbons (Fsp3) is 0.0526. The lowest BCUT2D eigenvalue weighted by atomic mass is 10.2. The Morgan fingerprint density at radius 2 is 1.88 bits per heavy atom. The summed E-state index contributed by atoms with van der Waals surface area (Å²) in [6.07, 6.45) is 3.13. The average Bonchev–Trinajstić information content (AvgIpc) is 2.98. The number of hydrogen-bond donors (Lipinski definition) is 0. The van der Waals surface area contributed by atoms with E-state index < -0.39 is 17.6 Å². The van der Waals surface area contributed by atoms with E-state index >= 15 is 0 Å². The first-order valence-electron chi connectivity index (χ1n) is 7.49. The number of nitrogens with zero attached hydrogens (tertiary/aromatic N) is 1. The van der Waals surface area contributed by atoms with Gasteiger partial charge in [-0.2, -0.15) is 0 Å². The largest absolute Gasteiger partial charge is 0.490 e. The molecule has 26 heavy (non-hydrogen) atoms. The van der Waals surface area contributed by atoms with Crippen molar-refractivity contribution in [1.29, 1.82) is 0 Å². The number of ether oxygens (including phenoxy) is 2. The van der Waals surface area contributed by atoms with Crippen LogP contribution in [0.2, 0.25) is 5.02 Å². The van der Waals surface area contributed by atoms with Crippen LogP contribution in [0.1, 0.15) is 11.1 Å². The number of cyclic esters (lactones) is 1. The number of aliphatic imine (C=N–C) groups is 1. The van der Waals surface area contributed by atoms with Gasteiger partial charge in [-0.3, -0.25) is 0 Å². The molecule has 0 atom stereocenters. The molecule has 0 N–H and O–H groups in total. The summed E-state index contributed by atoms with van der Waals surface area (Å²) in [4.78, 5) is 16.0. The van der Waals surface area contributed by atoms with Crippen LogP contribution in [0.3, 0.4) is 0 Å². The predicted octanol–water partition coefficient (Wildman–Crippen LogP) is 4.53. The van der Waals surface area contributed by atoms with Gasteiger partial charge in [-0.25, -0.2) is 18.6 Å². The highest BCUT2D eigenvalue weighted by atomic mass is 35.5. The summed E-state index contributed by atoms with van der Waals surface area (Å²) in [5.41, 5.74) is 0.695. The first-order valence-corrected chi connectivity index (χ1v) is 7.87. The van der Waals surface area contributed by atoms with Crippen molar-refractivity contribution in [3.8, 4) is 5.75 Å². The number of carbonyl (C=O) groups is 1. The summed E-state index contributed by atoms with van der Waals surface area (Å²) in [7, 11) is 0. The standard InChI is InChI=1S/C19H12ClF2NO3/c1-2-7-25-12-5-3-11(4-6-12)8-17-19(24)26-18(23-17)13-9-15(21)16(22)10-14(13)20/h2-6,8-10H,1,7H2. The Hall–Kier alpha value is -2.99. The Bertz CT molecular complexity index is 937. The van der Waals surface area contributed by atoms with Crippen molar-refractivity contribution in [2.24, 2.45) is 4.99 Å². The smallest absolute Gasteiger partial charge is 0.363 e. The molecule has 0 radical (unpaired) electrons. The molecule has 1 aliphatic rings. The van der Waals surface area contributed by atoms with Gasteiger partial charge in [-0.1, -0.05) is 36.4 Å². The van der Waals surface area contributed by atoms with Gasteiger partial charge >= 0.3 is 5.97 Å². The van der Waals surface area contributed by atoms with E-state index in [4.69, 9.17) is 21.1 Å². The zero-order valence-electron chi connectivity index (χ0n) is 13.3. The average molecular weight is 376 g/mol. The minimum atomic E-state index is -1.12. The number of benzene rings is 2. The first-order chi connectivity index (χ1) is 12.5. The van der Waals surface area contributed by atoms with E-state index in [2.05, 4.69) is 11.6 Å². The van der Waals surface area contributed by atoms with Crippen LogP contribution in [0.4, 0.5) is 8.78 Å². The molecule has 0 spiro atoms. The maximum absolute atomic E-state index is 13.4. The number of rotatable bonds is 5. The van der Waals surface area contributed by atoms with E-state index in [1.165, 1.54) is 6.08 Å². The summed E-state index contributed by atoms with van der Waals surface area (Å²) < 4.78 is 37.0. The van der Waals surface area contributed by atoms with Crippen LogP contribution < -0.4 is 4.74 Å². The second-order valence-electron chi connectivity index (χ2n) is 5.25. The van der Waals surface area contributed by atoms with Crippen molar-refractivity contribution >= 4 is 29.5 Å². The lowest BCUT2D eigenvalue weighted by molar-refractivity contribution is -0.129. The Kier molecular flexibility index (Phi) is 5.14.